The summed E-state index contributed by atoms with van der Waals surface area (Å²) >= 11 is 0. The van der Waals surface area contributed by atoms with Gasteiger partial charge in [-0.25, -0.2) is 4.98 Å². The second-order valence-electron chi connectivity index (χ2n) is 9.69. The first-order valence-electron chi connectivity index (χ1n) is 11.2. The van der Waals surface area contributed by atoms with Crippen LogP contribution in [-0.2, 0) is 0 Å². The highest BCUT2D eigenvalue weighted by Gasteiger charge is 2.40. The molecule has 1 saturated carbocycles. The number of hydrogen-bond donors (Lipinski definition) is 0. The number of rotatable bonds is 4. The van der Waals surface area contributed by atoms with E-state index in [-0.39, 0.29) is 0 Å². The Balaban J connectivity index is 1.61. The van der Waals surface area contributed by atoms with E-state index in [0.29, 0.717) is 17.0 Å². The third kappa shape index (κ3) is 3.62. The molecule has 2 aromatic carbocycles. The predicted molar refractivity (Wildman–Crippen MR) is 130 cm³/mol. The molecule has 1 fully saturated rings. The van der Waals surface area contributed by atoms with Crippen molar-refractivity contribution < 1.29 is 4.79 Å². The molecule has 0 saturated heterocycles. The minimum Gasteiger partial charge on any atom is -0.296 e. The van der Waals surface area contributed by atoms with Gasteiger partial charge in [-0.05, 0) is 47.4 Å². The molecule has 3 heteroatoms. The summed E-state index contributed by atoms with van der Waals surface area (Å²) in [6, 6.07) is 23.0. The summed E-state index contributed by atoms with van der Waals surface area (Å²) in [6.45, 7) is 7.00. The van der Waals surface area contributed by atoms with Gasteiger partial charge in [0.2, 0.25) is 0 Å². The van der Waals surface area contributed by atoms with E-state index in [1.807, 2.05) is 30.3 Å². The van der Waals surface area contributed by atoms with E-state index in [2.05, 4.69) is 62.2 Å². The number of aromatic nitrogens is 2. The molecule has 2 heterocycles. The van der Waals surface area contributed by atoms with Gasteiger partial charge in [0.25, 0.3) is 0 Å². The van der Waals surface area contributed by atoms with Crippen LogP contribution in [-0.4, -0.2) is 16.3 Å². The van der Waals surface area contributed by atoms with E-state index in [1.54, 1.807) is 12.1 Å². The lowest BCUT2D eigenvalue weighted by Crippen LogP contribution is -2.35. The van der Waals surface area contributed by atoms with Gasteiger partial charge in [-0.2, -0.15) is 0 Å². The van der Waals surface area contributed by atoms with Crippen LogP contribution in [0.2, 0.25) is 0 Å². The third-order valence-corrected chi connectivity index (χ3v) is 6.67. The van der Waals surface area contributed by atoms with Gasteiger partial charge in [0.05, 0.1) is 11.2 Å². The number of hydrogen-bond acceptors (Lipinski definition) is 3. The van der Waals surface area contributed by atoms with Gasteiger partial charge in [0, 0.05) is 28.6 Å². The Morgan fingerprint density at radius 1 is 0.906 bits per heavy atom. The Hall–Kier alpha value is -3.33. The lowest BCUT2D eigenvalue weighted by atomic mass is 9.59. The van der Waals surface area contributed by atoms with Crippen molar-refractivity contribution >= 4 is 17.2 Å². The number of fused-ring (bicyclic) bond motifs is 1. The Labute approximate surface area is 189 Å². The molecule has 32 heavy (non-hydrogen) atoms. The highest BCUT2D eigenvalue weighted by Crippen LogP contribution is 2.50. The van der Waals surface area contributed by atoms with Crippen LogP contribution < -0.4 is 0 Å². The maximum atomic E-state index is 11.6. The minimum absolute atomic E-state index is 0.303. The zero-order valence-corrected chi connectivity index (χ0v) is 18.8. The lowest BCUT2D eigenvalue weighted by Gasteiger charge is -2.45. The molecule has 4 aromatic rings. The van der Waals surface area contributed by atoms with E-state index in [1.165, 1.54) is 18.4 Å². The molecule has 0 aliphatic heterocycles. The van der Waals surface area contributed by atoms with Crippen LogP contribution in [0.3, 0.4) is 0 Å². The first kappa shape index (κ1) is 20.6. The van der Waals surface area contributed by atoms with Gasteiger partial charge in [-0.15, -0.1) is 0 Å². The average molecular weight is 420 g/mol. The summed E-state index contributed by atoms with van der Waals surface area (Å²) in [5.74, 6) is 2.22. The molecule has 0 bridgehead atoms. The monoisotopic (exact) mass is 419 g/mol. The quantitative estimate of drug-likeness (QED) is 0.330. The number of pyridine rings is 2. The fraction of sp³-hybridized carbons (Fsp3) is 0.241. The Bertz CT molecular complexity index is 1270. The Kier molecular flexibility index (Phi) is 5.13. The maximum absolute atomic E-state index is 11.6. The van der Waals surface area contributed by atoms with E-state index in [9.17, 15) is 4.79 Å². The molecule has 1 aliphatic rings. The largest absolute Gasteiger partial charge is 0.296 e. The third-order valence-electron chi connectivity index (χ3n) is 6.67. The summed E-state index contributed by atoms with van der Waals surface area (Å²) in [4.78, 5) is 20.8. The number of carbonyl (C=O) groups is 1. The molecular weight excluding hydrogens is 392 g/mol. The van der Waals surface area contributed by atoms with Crippen LogP contribution in [0.4, 0.5) is 0 Å². The molecule has 0 N–H and O–H groups in total. The molecule has 1 atom stereocenters. The summed E-state index contributed by atoms with van der Waals surface area (Å²) in [5.41, 5.74) is 6.92. The van der Waals surface area contributed by atoms with Crippen LogP contribution in [0.25, 0.3) is 33.3 Å². The van der Waals surface area contributed by atoms with Gasteiger partial charge in [-0.3, -0.25) is 9.78 Å². The van der Waals surface area contributed by atoms with E-state index in [0.717, 1.165) is 39.6 Å². The van der Waals surface area contributed by atoms with Gasteiger partial charge < -0.3 is 0 Å². The standard InChI is InChI=1S/C29H27N2O/c1-29(2,3)25-14-13-22(25)20-9-11-21(12-10-20)28-23(19-7-5-4-6-8-19)17-24-26(31-28)15-16-30-27(24)18-32/h4-12,15-18,25H,13-14H2,1-3H3. The summed E-state index contributed by atoms with van der Waals surface area (Å²) < 4.78 is 0. The van der Waals surface area contributed by atoms with E-state index < -0.39 is 0 Å². The normalized spacial score (nSPS) is 16.7. The molecule has 1 aliphatic carbocycles. The first-order chi connectivity index (χ1) is 15.5. The van der Waals surface area contributed by atoms with Crippen LogP contribution in [0.15, 0.2) is 72.9 Å². The van der Waals surface area contributed by atoms with Crippen molar-refractivity contribution in [1.29, 1.82) is 0 Å². The fourth-order valence-electron chi connectivity index (χ4n) is 4.85. The summed E-state index contributed by atoms with van der Waals surface area (Å²) in [5, 5.41) is 0.778. The van der Waals surface area contributed by atoms with Crippen LogP contribution >= 0.6 is 0 Å². The van der Waals surface area contributed by atoms with Crippen LogP contribution in [0.1, 0.15) is 49.7 Å². The molecule has 5 rings (SSSR count). The molecule has 159 valence electrons. The van der Waals surface area contributed by atoms with Gasteiger partial charge in [0.1, 0.15) is 5.69 Å². The molecule has 3 nitrogen and oxygen atoms in total. The summed E-state index contributed by atoms with van der Waals surface area (Å²) in [7, 11) is 0. The van der Waals surface area contributed by atoms with Crippen LogP contribution in [0.5, 0.6) is 0 Å². The minimum atomic E-state index is 0.303. The Morgan fingerprint density at radius 2 is 1.62 bits per heavy atom. The first-order valence-corrected chi connectivity index (χ1v) is 11.2. The van der Waals surface area contributed by atoms with Gasteiger partial charge in [0.15, 0.2) is 6.29 Å². The van der Waals surface area contributed by atoms with E-state index in [4.69, 9.17) is 4.98 Å². The lowest BCUT2D eigenvalue weighted by molar-refractivity contribution is 0.112. The van der Waals surface area contributed by atoms with Crippen molar-refractivity contribution in [3.8, 4) is 22.4 Å². The predicted octanol–water partition coefficient (Wildman–Crippen LogP) is 7.15. The van der Waals surface area contributed by atoms with E-state index >= 15 is 0 Å². The molecule has 0 spiro atoms. The molecule has 1 unspecified atom stereocenters. The second-order valence-corrected chi connectivity index (χ2v) is 9.69. The molecular formula is C29H27N2O. The molecule has 0 amide bonds. The van der Waals surface area contributed by atoms with Crippen molar-refractivity contribution in [2.24, 2.45) is 11.3 Å². The number of benzene rings is 2. The molecule has 2 aromatic heterocycles. The topological polar surface area (TPSA) is 42.9 Å². The fourth-order valence-corrected chi connectivity index (χ4v) is 4.85. The SMILES string of the molecule is CC(C)(C)C1CC[C]1c1ccc(-c2nc3ccnc(C=O)c3cc2-c2ccccc2)cc1. The highest BCUT2D eigenvalue weighted by atomic mass is 16.1. The number of nitrogens with zero attached hydrogens (tertiary/aromatic N) is 2. The van der Waals surface area contributed by atoms with Crippen molar-refractivity contribution in [3.05, 3.63) is 90.1 Å². The second kappa shape index (κ2) is 7.98. The smallest absolute Gasteiger partial charge is 0.169 e. The average Bonchev–Trinajstić information content (AvgIpc) is 2.77. The van der Waals surface area contributed by atoms with Crippen molar-refractivity contribution in [3.63, 3.8) is 0 Å². The van der Waals surface area contributed by atoms with Crippen molar-refractivity contribution in [2.45, 2.75) is 33.6 Å². The number of carbonyl (C=O) groups excluding carboxylic acids is 1. The highest BCUT2D eigenvalue weighted by molar-refractivity contribution is 5.99. The number of aldehydes is 1. The van der Waals surface area contributed by atoms with Gasteiger partial charge in [-0.1, -0.05) is 75.4 Å². The molecule has 1 radical (unpaired) electrons. The van der Waals surface area contributed by atoms with Gasteiger partial charge >= 0.3 is 0 Å². The van der Waals surface area contributed by atoms with Crippen molar-refractivity contribution in [2.75, 3.05) is 0 Å². The Morgan fingerprint density at radius 3 is 2.25 bits per heavy atom. The summed E-state index contributed by atoms with van der Waals surface area (Å²) in [6.07, 6.45) is 4.91. The van der Waals surface area contributed by atoms with Crippen LogP contribution in [0, 0.1) is 17.3 Å². The zero-order chi connectivity index (χ0) is 22.3. The zero-order valence-electron chi connectivity index (χ0n) is 18.8. The van der Waals surface area contributed by atoms with Crippen molar-refractivity contribution in [1.82, 2.24) is 9.97 Å². The maximum Gasteiger partial charge on any atom is 0.169 e.